The summed E-state index contributed by atoms with van der Waals surface area (Å²) in [7, 11) is 0. The number of nitrogens with one attached hydrogen (secondary N) is 1. The van der Waals surface area contributed by atoms with Crippen molar-refractivity contribution in [2.24, 2.45) is 0 Å². The molecule has 0 aliphatic rings. The van der Waals surface area contributed by atoms with E-state index in [9.17, 15) is 14.3 Å². The Morgan fingerprint density at radius 3 is 2.57 bits per heavy atom. The second-order valence-electron chi connectivity index (χ2n) is 4.64. The fourth-order valence-corrected chi connectivity index (χ4v) is 2.22. The number of carbonyl (C=O) groups excluding carboxylic acids is 1. The number of phenols is 1. The van der Waals surface area contributed by atoms with Gasteiger partial charge in [0, 0.05) is 17.1 Å². The highest BCUT2D eigenvalue weighted by Gasteiger charge is 2.13. The Morgan fingerprint density at radius 1 is 1.00 bits per heavy atom. The average Bonchev–Trinajstić information content (AvgIpc) is 2.47. The minimum Gasteiger partial charge on any atom is -0.507 e. The molecule has 0 aliphatic carbocycles. The van der Waals surface area contributed by atoms with Crippen molar-refractivity contribution in [2.45, 2.75) is 0 Å². The summed E-state index contributed by atoms with van der Waals surface area (Å²) >= 11 is 0. The summed E-state index contributed by atoms with van der Waals surface area (Å²) in [6, 6.07) is 16.5. The summed E-state index contributed by atoms with van der Waals surface area (Å²) in [5.41, 5.74) is 0.672. The third-order valence-electron chi connectivity index (χ3n) is 3.24. The summed E-state index contributed by atoms with van der Waals surface area (Å²) < 4.78 is 13.0. The minimum absolute atomic E-state index is 0.0318. The molecule has 0 unspecified atom stereocenters. The molecule has 104 valence electrons. The molecule has 0 saturated heterocycles. The first kappa shape index (κ1) is 13.1. The Labute approximate surface area is 120 Å². The van der Waals surface area contributed by atoms with E-state index in [1.54, 1.807) is 6.07 Å². The van der Waals surface area contributed by atoms with Crippen LogP contribution in [0.25, 0.3) is 10.8 Å². The predicted molar refractivity (Wildman–Crippen MR) is 80.0 cm³/mol. The summed E-state index contributed by atoms with van der Waals surface area (Å²) in [4.78, 5) is 12.2. The van der Waals surface area contributed by atoms with E-state index in [4.69, 9.17) is 0 Å². The fourth-order valence-electron chi connectivity index (χ4n) is 2.22. The van der Waals surface area contributed by atoms with Crippen LogP contribution in [0.3, 0.4) is 0 Å². The molecule has 0 aliphatic heterocycles. The van der Waals surface area contributed by atoms with Crippen LogP contribution in [0.1, 0.15) is 10.4 Å². The van der Waals surface area contributed by atoms with Gasteiger partial charge in [0.1, 0.15) is 11.6 Å². The van der Waals surface area contributed by atoms with E-state index in [1.165, 1.54) is 6.07 Å². The van der Waals surface area contributed by atoms with Gasteiger partial charge < -0.3 is 10.4 Å². The zero-order valence-electron chi connectivity index (χ0n) is 11.0. The van der Waals surface area contributed by atoms with E-state index in [0.717, 1.165) is 22.9 Å². The van der Waals surface area contributed by atoms with Crippen LogP contribution in [0.15, 0.2) is 60.7 Å². The molecule has 2 N–H and O–H groups in total. The van der Waals surface area contributed by atoms with Crippen molar-refractivity contribution in [1.82, 2.24) is 0 Å². The van der Waals surface area contributed by atoms with Crippen LogP contribution in [0.2, 0.25) is 0 Å². The largest absolute Gasteiger partial charge is 0.507 e. The summed E-state index contributed by atoms with van der Waals surface area (Å²) in [5.74, 6) is -1.45. The number of phenolic OH excluding ortho intramolecular Hbond substituents is 1. The van der Waals surface area contributed by atoms with Gasteiger partial charge in [-0.25, -0.2) is 4.39 Å². The van der Waals surface area contributed by atoms with Crippen molar-refractivity contribution >= 4 is 22.4 Å². The molecule has 0 heterocycles. The first-order valence-electron chi connectivity index (χ1n) is 6.43. The predicted octanol–water partition coefficient (Wildman–Crippen LogP) is 3.94. The van der Waals surface area contributed by atoms with Crippen LogP contribution >= 0.6 is 0 Å². The van der Waals surface area contributed by atoms with E-state index >= 15 is 0 Å². The van der Waals surface area contributed by atoms with Crippen molar-refractivity contribution in [3.63, 3.8) is 0 Å². The molecule has 0 atom stereocenters. The number of benzene rings is 3. The van der Waals surface area contributed by atoms with Gasteiger partial charge >= 0.3 is 0 Å². The Hall–Kier alpha value is -2.88. The van der Waals surface area contributed by atoms with Gasteiger partial charge in [-0.05, 0) is 23.6 Å². The molecule has 0 bridgehead atoms. The van der Waals surface area contributed by atoms with Crippen LogP contribution < -0.4 is 5.32 Å². The molecule has 0 spiro atoms. The third-order valence-corrected chi connectivity index (χ3v) is 3.24. The zero-order valence-corrected chi connectivity index (χ0v) is 11.0. The van der Waals surface area contributed by atoms with Crippen molar-refractivity contribution in [2.75, 3.05) is 5.32 Å². The molecule has 3 rings (SSSR count). The number of carbonyl (C=O) groups is 1. The smallest absolute Gasteiger partial charge is 0.259 e. The molecule has 4 heteroatoms. The second-order valence-corrected chi connectivity index (χ2v) is 4.64. The third kappa shape index (κ3) is 2.56. The SMILES string of the molecule is O=C(Nc1cccc2ccccc12)c1ccc(F)cc1O. The van der Waals surface area contributed by atoms with Crippen LogP contribution in [0.5, 0.6) is 5.75 Å². The highest BCUT2D eigenvalue weighted by atomic mass is 19.1. The minimum atomic E-state index is -0.589. The maximum absolute atomic E-state index is 13.0. The van der Waals surface area contributed by atoms with Crippen molar-refractivity contribution in [3.05, 3.63) is 72.0 Å². The first-order chi connectivity index (χ1) is 10.1. The van der Waals surface area contributed by atoms with E-state index < -0.39 is 11.7 Å². The molecule has 1 amide bonds. The lowest BCUT2D eigenvalue weighted by Crippen LogP contribution is -2.12. The molecule has 3 nitrogen and oxygen atoms in total. The Kier molecular flexibility index (Phi) is 3.28. The molecule has 0 radical (unpaired) electrons. The van der Waals surface area contributed by atoms with Gasteiger partial charge in [-0.2, -0.15) is 0 Å². The number of aromatic hydroxyl groups is 1. The lowest BCUT2D eigenvalue weighted by molar-refractivity contribution is 0.102. The van der Waals surface area contributed by atoms with Gasteiger partial charge in [0.25, 0.3) is 5.91 Å². The van der Waals surface area contributed by atoms with E-state index in [1.807, 2.05) is 36.4 Å². The molecule has 0 saturated carbocycles. The second kappa shape index (κ2) is 5.25. The van der Waals surface area contributed by atoms with E-state index in [-0.39, 0.29) is 11.3 Å². The monoisotopic (exact) mass is 281 g/mol. The van der Waals surface area contributed by atoms with Gasteiger partial charge in [0.15, 0.2) is 0 Å². The van der Waals surface area contributed by atoms with Gasteiger partial charge in [0.05, 0.1) is 5.56 Å². The summed E-state index contributed by atoms with van der Waals surface area (Å²) in [6.45, 7) is 0. The van der Waals surface area contributed by atoms with Crippen molar-refractivity contribution < 1.29 is 14.3 Å². The van der Waals surface area contributed by atoms with Crippen molar-refractivity contribution in [3.8, 4) is 5.75 Å². The van der Waals surface area contributed by atoms with Crippen LogP contribution in [-0.4, -0.2) is 11.0 Å². The summed E-state index contributed by atoms with van der Waals surface area (Å²) in [5, 5.41) is 14.3. The zero-order chi connectivity index (χ0) is 14.8. The number of halogens is 1. The van der Waals surface area contributed by atoms with Crippen LogP contribution in [0.4, 0.5) is 10.1 Å². The molecular weight excluding hydrogens is 269 g/mol. The number of fused-ring (bicyclic) bond motifs is 1. The summed E-state index contributed by atoms with van der Waals surface area (Å²) in [6.07, 6.45) is 0. The Bertz CT molecular complexity index is 825. The topological polar surface area (TPSA) is 49.3 Å². The normalized spacial score (nSPS) is 10.5. The molecule has 0 fully saturated rings. The van der Waals surface area contributed by atoms with Crippen LogP contribution in [-0.2, 0) is 0 Å². The number of hydrogen-bond acceptors (Lipinski definition) is 2. The Morgan fingerprint density at radius 2 is 1.76 bits per heavy atom. The average molecular weight is 281 g/mol. The van der Waals surface area contributed by atoms with Gasteiger partial charge in [-0.15, -0.1) is 0 Å². The fraction of sp³-hybridized carbons (Fsp3) is 0. The highest BCUT2D eigenvalue weighted by molar-refractivity contribution is 6.10. The molecule has 21 heavy (non-hydrogen) atoms. The number of hydrogen-bond donors (Lipinski definition) is 2. The number of rotatable bonds is 2. The maximum atomic E-state index is 13.0. The van der Waals surface area contributed by atoms with Crippen molar-refractivity contribution in [1.29, 1.82) is 0 Å². The molecular formula is C17H12FNO2. The van der Waals surface area contributed by atoms with Gasteiger partial charge in [-0.3, -0.25) is 4.79 Å². The quantitative estimate of drug-likeness (QED) is 0.747. The standard InChI is InChI=1S/C17H12FNO2/c18-12-8-9-14(16(20)10-12)17(21)19-15-7-3-5-11-4-1-2-6-13(11)15/h1-10,20H,(H,19,21). The highest BCUT2D eigenvalue weighted by Crippen LogP contribution is 2.25. The lowest BCUT2D eigenvalue weighted by atomic mass is 10.1. The molecule has 0 aromatic heterocycles. The number of anilines is 1. The molecule has 3 aromatic rings. The van der Waals surface area contributed by atoms with E-state index in [2.05, 4.69) is 5.32 Å². The Balaban J connectivity index is 1.97. The first-order valence-corrected chi connectivity index (χ1v) is 6.43. The van der Waals surface area contributed by atoms with Gasteiger partial charge in [0.2, 0.25) is 0 Å². The van der Waals surface area contributed by atoms with Crippen LogP contribution in [0, 0.1) is 5.82 Å². The maximum Gasteiger partial charge on any atom is 0.259 e. The molecule has 3 aromatic carbocycles. The van der Waals surface area contributed by atoms with Gasteiger partial charge in [-0.1, -0.05) is 36.4 Å². The number of amides is 1. The lowest BCUT2D eigenvalue weighted by Gasteiger charge is -2.09. The van der Waals surface area contributed by atoms with E-state index in [0.29, 0.717) is 5.69 Å².